The van der Waals surface area contributed by atoms with Crippen molar-refractivity contribution in [2.45, 2.75) is 6.92 Å². The van der Waals surface area contributed by atoms with Crippen LogP contribution in [-0.4, -0.2) is 18.1 Å². The Balaban J connectivity index is 2.90. The summed E-state index contributed by atoms with van der Waals surface area (Å²) in [6.45, 7) is 7.68. The van der Waals surface area contributed by atoms with Crippen LogP contribution in [0.4, 0.5) is 5.69 Å². The number of rotatable bonds is 4. The quantitative estimate of drug-likeness (QED) is 0.753. The molecule has 3 heteroatoms. The Labute approximate surface area is 87.4 Å². The zero-order valence-electron chi connectivity index (χ0n) is 7.70. The molecule has 0 bridgehead atoms. The van der Waals surface area contributed by atoms with Crippen molar-refractivity contribution in [2.75, 3.05) is 18.0 Å². The summed E-state index contributed by atoms with van der Waals surface area (Å²) in [5, 5.41) is 0. The van der Waals surface area contributed by atoms with Gasteiger partial charge in [0.1, 0.15) is 0 Å². The summed E-state index contributed by atoms with van der Waals surface area (Å²) in [6.07, 6.45) is 5.50. The number of halogens is 1. The van der Waals surface area contributed by atoms with Crippen molar-refractivity contribution in [3.63, 3.8) is 0 Å². The Morgan fingerprint density at radius 2 is 2.46 bits per heavy atom. The lowest BCUT2D eigenvalue weighted by atomic mass is 10.3. The second-order valence-corrected chi connectivity index (χ2v) is 3.51. The number of likely N-dealkylation sites (N-methyl/N-ethyl adjacent to an activating group) is 1. The highest BCUT2D eigenvalue weighted by atomic mass is 79.9. The van der Waals surface area contributed by atoms with Gasteiger partial charge in [-0.2, -0.15) is 0 Å². The molecule has 0 aromatic carbocycles. The minimum atomic E-state index is 0.860. The molecule has 0 radical (unpaired) electrons. The van der Waals surface area contributed by atoms with Gasteiger partial charge in [-0.1, -0.05) is 6.08 Å². The van der Waals surface area contributed by atoms with Crippen LogP contribution in [0.5, 0.6) is 0 Å². The molecule has 13 heavy (non-hydrogen) atoms. The summed E-state index contributed by atoms with van der Waals surface area (Å²) in [6, 6.07) is 2.00. The van der Waals surface area contributed by atoms with Crippen LogP contribution in [0.15, 0.2) is 35.6 Å². The number of pyridine rings is 1. The van der Waals surface area contributed by atoms with Crippen LogP contribution in [-0.2, 0) is 0 Å². The van der Waals surface area contributed by atoms with E-state index in [1.54, 1.807) is 12.4 Å². The predicted octanol–water partition coefficient (Wildman–Crippen LogP) is 2.86. The van der Waals surface area contributed by atoms with E-state index in [2.05, 4.69) is 39.3 Å². The third-order valence-electron chi connectivity index (χ3n) is 1.82. The van der Waals surface area contributed by atoms with Gasteiger partial charge in [-0.25, -0.2) is 0 Å². The Kier molecular flexibility index (Phi) is 3.96. The standard InChI is InChI=1S/C10H13BrN2/c1-3-7-13(4-2)10-5-6-12-8-9(10)11/h3,5-6,8H,1,4,7H2,2H3. The van der Waals surface area contributed by atoms with E-state index in [9.17, 15) is 0 Å². The summed E-state index contributed by atoms with van der Waals surface area (Å²) < 4.78 is 1.03. The van der Waals surface area contributed by atoms with Crippen molar-refractivity contribution in [1.29, 1.82) is 0 Å². The van der Waals surface area contributed by atoms with Crippen LogP contribution >= 0.6 is 15.9 Å². The van der Waals surface area contributed by atoms with Crippen molar-refractivity contribution in [1.82, 2.24) is 4.98 Å². The molecule has 0 amide bonds. The summed E-state index contributed by atoms with van der Waals surface area (Å²) >= 11 is 3.47. The Morgan fingerprint density at radius 1 is 1.69 bits per heavy atom. The fourth-order valence-corrected chi connectivity index (χ4v) is 1.68. The van der Waals surface area contributed by atoms with Gasteiger partial charge in [0.2, 0.25) is 0 Å². The highest BCUT2D eigenvalue weighted by Crippen LogP contribution is 2.24. The minimum absolute atomic E-state index is 0.860. The maximum absolute atomic E-state index is 4.02. The molecule has 1 heterocycles. The molecule has 1 aromatic heterocycles. The molecule has 0 spiro atoms. The number of nitrogens with zero attached hydrogens (tertiary/aromatic N) is 2. The van der Waals surface area contributed by atoms with E-state index < -0.39 is 0 Å². The van der Waals surface area contributed by atoms with Crippen LogP contribution in [0.2, 0.25) is 0 Å². The summed E-state index contributed by atoms with van der Waals surface area (Å²) in [5.74, 6) is 0. The number of anilines is 1. The van der Waals surface area contributed by atoms with Gasteiger partial charge >= 0.3 is 0 Å². The summed E-state index contributed by atoms with van der Waals surface area (Å²) in [4.78, 5) is 6.24. The van der Waals surface area contributed by atoms with Gasteiger partial charge in [-0.3, -0.25) is 4.98 Å². The maximum atomic E-state index is 4.02. The van der Waals surface area contributed by atoms with Gasteiger partial charge in [0, 0.05) is 25.5 Å². The Morgan fingerprint density at radius 3 is 3.00 bits per heavy atom. The fraction of sp³-hybridized carbons (Fsp3) is 0.300. The second-order valence-electron chi connectivity index (χ2n) is 2.65. The molecule has 0 aliphatic heterocycles. The smallest absolute Gasteiger partial charge is 0.0592 e. The third kappa shape index (κ3) is 2.56. The summed E-state index contributed by atoms with van der Waals surface area (Å²) in [5.41, 5.74) is 1.16. The average Bonchev–Trinajstić information content (AvgIpc) is 2.16. The van der Waals surface area contributed by atoms with Crippen LogP contribution < -0.4 is 4.90 Å². The lowest BCUT2D eigenvalue weighted by Gasteiger charge is -2.22. The Hall–Kier alpha value is -0.830. The van der Waals surface area contributed by atoms with Gasteiger partial charge in [0.05, 0.1) is 10.2 Å². The molecular formula is C10H13BrN2. The maximum Gasteiger partial charge on any atom is 0.0592 e. The first-order chi connectivity index (χ1) is 6.29. The van der Waals surface area contributed by atoms with Crippen molar-refractivity contribution < 1.29 is 0 Å². The van der Waals surface area contributed by atoms with E-state index in [1.807, 2.05) is 12.1 Å². The normalized spacial score (nSPS) is 9.69. The monoisotopic (exact) mass is 240 g/mol. The fourth-order valence-electron chi connectivity index (χ4n) is 1.18. The first-order valence-electron chi connectivity index (χ1n) is 4.25. The highest BCUT2D eigenvalue weighted by Gasteiger charge is 2.05. The molecule has 2 nitrogen and oxygen atoms in total. The van der Waals surface area contributed by atoms with E-state index in [4.69, 9.17) is 0 Å². The molecule has 0 N–H and O–H groups in total. The van der Waals surface area contributed by atoms with Crippen molar-refractivity contribution in [2.24, 2.45) is 0 Å². The molecule has 0 atom stereocenters. The first-order valence-corrected chi connectivity index (χ1v) is 5.04. The zero-order valence-corrected chi connectivity index (χ0v) is 9.29. The van der Waals surface area contributed by atoms with Crippen LogP contribution in [0, 0.1) is 0 Å². The second kappa shape index (κ2) is 5.02. The van der Waals surface area contributed by atoms with E-state index in [1.165, 1.54) is 0 Å². The molecule has 0 unspecified atom stereocenters. The molecule has 70 valence electrons. The van der Waals surface area contributed by atoms with Gasteiger partial charge in [-0.15, -0.1) is 6.58 Å². The lowest BCUT2D eigenvalue weighted by Crippen LogP contribution is -2.22. The first kappa shape index (κ1) is 10.3. The Bertz CT molecular complexity index is 286. The molecule has 0 aliphatic carbocycles. The van der Waals surface area contributed by atoms with Crippen LogP contribution in [0.25, 0.3) is 0 Å². The van der Waals surface area contributed by atoms with Crippen molar-refractivity contribution in [3.8, 4) is 0 Å². The average molecular weight is 241 g/mol. The van der Waals surface area contributed by atoms with E-state index in [-0.39, 0.29) is 0 Å². The molecular weight excluding hydrogens is 228 g/mol. The lowest BCUT2D eigenvalue weighted by molar-refractivity contribution is 0.901. The van der Waals surface area contributed by atoms with Gasteiger partial charge in [-0.05, 0) is 28.9 Å². The van der Waals surface area contributed by atoms with E-state index in [0.29, 0.717) is 0 Å². The summed E-state index contributed by atoms with van der Waals surface area (Å²) in [7, 11) is 0. The third-order valence-corrected chi connectivity index (χ3v) is 2.43. The minimum Gasteiger partial charge on any atom is -0.367 e. The van der Waals surface area contributed by atoms with Gasteiger partial charge in [0.25, 0.3) is 0 Å². The topological polar surface area (TPSA) is 16.1 Å². The molecule has 0 aliphatic rings. The van der Waals surface area contributed by atoms with E-state index >= 15 is 0 Å². The molecule has 1 aromatic rings. The van der Waals surface area contributed by atoms with Gasteiger partial charge < -0.3 is 4.90 Å². The highest BCUT2D eigenvalue weighted by molar-refractivity contribution is 9.10. The number of hydrogen-bond acceptors (Lipinski definition) is 2. The zero-order chi connectivity index (χ0) is 9.68. The molecule has 0 saturated carbocycles. The molecule has 0 saturated heterocycles. The van der Waals surface area contributed by atoms with E-state index in [0.717, 1.165) is 23.2 Å². The van der Waals surface area contributed by atoms with Crippen molar-refractivity contribution in [3.05, 3.63) is 35.6 Å². The predicted molar refractivity (Wildman–Crippen MR) is 60.0 cm³/mol. The largest absolute Gasteiger partial charge is 0.367 e. The molecule has 0 fully saturated rings. The molecule has 1 rings (SSSR count). The van der Waals surface area contributed by atoms with Crippen LogP contribution in [0.3, 0.4) is 0 Å². The van der Waals surface area contributed by atoms with Crippen LogP contribution in [0.1, 0.15) is 6.92 Å². The van der Waals surface area contributed by atoms with Crippen molar-refractivity contribution >= 4 is 21.6 Å². The number of hydrogen-bond donors (Lipinski definition) is 0. The number of aromatic nitrogens is 1. The van der Waals surface area contributed by atoms with Gasteiger partial charge in [0.15, 0.2) is 0 Å². The SMILES string of the molecule is C=CCN(CC)c1ccncc1Br.